The molecular formula is C8H11N3O3S2. The fraction of sp³-hybridized carbons (Fsp3) is 0.125. The van der Waals surface area contributed by atoms with Crippen LogP contribution in [0.15, 0.2) is 24.3 Å². The molecular weight excluding hydrogens is 250 g/mol. The van der Waals surface area contributed by atoms with Crippen molar-refractivity contribution < 1.29 is 13.2 Å². The molecule has 88 valence electrons. The second-order valence-corrected chi connectivity index (χ2v) is 4.72. The van der Waals surface area contributed by atoms with Crippen molar-refractivity contribution in [3.05, 3.63) is 24.3 Å². The van der Waals surface area contributed by atoms with Crippen molar-refractivity contribution in [1.29, 1.82) is 0 Å². The first-order valence-corrected chi connectivity index (χ1v) is 6.14. The highest BCUT2D eigenvalue weighted by atomic mass is 32.2. The molecule has 0 aliphatic rings. The zero-order chi connectivity index (χ0) is 12.2. The predicted octanol–water partition coefficient (Wildman–Crippen LogP) is -0.0331. The number of anilines is 1. The number of nitrogens with two attached hydrogens (primary N) is 2. The third-order valence-corrected chi connectivity index (χ3v) is 2.13. The Hall–Kier alpha value is -1.38. The molecule has 6 nitrogen and oxygen atoms in total. The van der Waals surface area contributed by atoms with Gasteiger partial charge in [-0.1, -0.05) is 24.4 Å². The van der Waals surface area contributed by atoms with Crippen molar-refractivity contribution in [3.63, 3.8) is 0 Å². The maximum absolute atomic E-state index is 10.9. The third-order valence-electron chi connectivity index (χ3n) is 1.51. The molecule has 0 saturated heterocycles. The number of hydrogen-bond acceptors (Lipinski definition) is 4. The van der Waals surface area contributed by atoms with Gasteiger partial charge in [0.05, 0.1) is 5.69 Å². The second-order valence-electron chi connectivity index (χ2n) is 2.90. The van der Waals surface area contributed by atoms with Gasteiger partial charge in [-0.05, 0) is 12.1 Å². The van der Waals surface area contributed by atoms with E-state index in [4.69, 9.17) is 15.6 Å². The van der Waals surface area contributed by atoms with Crippen LogP contribution in [0.2, 0.25) is 0 Å². The monoisotopic (exact) mass is 261 g/mol. The molecule has 1 rings (SSSR count). The zero-order valence-electron chi connectivity index (χ0n) is 8.21. The molecule has 0 spiro atoms. The molecule has 0 heterocycles. The van der Waals surface area contributed by atoms with Crippen molar-refractivity contribution in [1.82, 2.24) is 0 Å². The van der Waals surface area contributed by atoms with E-state index in [0.29, 0.717) is 5.75 Å². The van der Waals surface area contributed by atoms with Gasteiger partial charge in [-0.3, -0.25) is 4.72 Å². The lowest BCUT2D eigenvalue weighted by Crippen LogP contribution is -2.23. The minimum absolute atomic E-state index is 0.0264. The van der Waals surface area contributed by atoms with Crippen LogP contribution in [0.3, 0.4) is 0 Å². The van der Waals surface area contributed by atoms with Gasteiger partial charge in [0.15, 0.2) is 0 Å². The van der Waals surface area contributed by atoms with Gasteiger partial charge in [0.2, 0.25) is 0 Å². The Bertz CT molecular complexity index is 487. The number of nitrogens with one attached hydrogen (secondary N) is 1. The SMILES string of the molecule is NC(=S)COc1ccccc1NS(N)(=O)=O. The molecule has 0 atom stereocenters. The fourth-order valence-electron chi connectivity index (χ4n) is 0.979. The molecule has 5 N–H and O–H groups in total. The van der Waals surface area contributed by atoms with Crippen LogP contribution in [0.25, 0.3) is 0 Å². The minimum atomic E-state index is -3.83. The van der Waals surface area contributed by atoms with Gasteiger partial charge in [-0.15, -0.1) is 0 Å². The third kappa shape index (κ3) is 4.43. The van der Waals surface area contributed by atoms with E-state index in [1.54, 1.807) is 18.2 Å². The lowest BCUT2D eigenvalue weighted by atomic mass is 10.3. The molecule has 0 unspecified atom stereocenters. The lowest BCUT2D eigenvalue weighted by molar-refractivity contribution is 0.379. The van der Waals surface area contributed by atoms with E-state index in [-0.39, 0.29) is 17.3 Å². The average Bonchev–Trinajstić information content (AvgIpc) is 2.14. The quantitative estimate of drug-likeness (QED) is 0.645. The second kappa shape index (κ2) is 5.10. The van der Waals surface area contributed by atoms with Crippen LogP contribution in [-0.4, -0.2) is 20.0 Å². The van der Waals surface area contributed by atoms with E-state index in [1.807, 2.05) is 0 Å². The Balaban J connectivity index is 2.87. The summed E-state index contributed by atoms with van der Waals surface area (Å²) in [7, 11) is -3.83. The first-order valence-electron chi connectivity index (χ1n) is 4.19. The zero-order valence-corrected chi connectivity index (χ0v) is 9.85. The van der Waals surface area contributed by atoms with Crippen LogP contribution in [0, 0.1) is 0 Å². The summed E-state index contributed by atoms with van der Waals surface area (Å²) in [5.41, 5.74) is 5.50. The summed E-state index contributed by atoms with van der Waals surface area (Å²) in [5.74, 6) is 0.310. The molecule has 0 aliphatic heterocycles. The summed E-state index contributed by atoms with van der Waals surface area (Å²) in [5, 5.41) is 4.85. The summed E-state index contributed by atoms with van der Waals surface area (Å²) >= 11 is 4.64. The number of benzene rings is 1. The van der Waals surface area contributed by atoms with E-state index < -0.39 is 10.2 Å². The summed E-state index contributed by atoms with van der Waals surface area (Å²) in [6.45, 7) is 0.0264. The average molecular weight is 261 g/mol. The highest BCUT2D eigenvalue weighted by molar-refractivity contribution is 7.90. The van der Waals surface area contributed by atoms with E-state index in [0.717, 1.165) is 0 Å². The summed E-state index contributed by atoms with van der Waals surface area (Å²) in [4.78, 5) is 0.172. The van der Waals surface area contributed by atoms with Gasteiger partial charge in [-0.2, -0.15) is 8.42 Å². The molecule has 0 radical (unpaired) electrons. The van der Waals surface area contributed by atoms with Crippen molar-refractivity contribution in [2.45, 2.75) is 0 Å². The first-order chi connectivity index (χ1) is 7.38. The van der Waals surface area contributed by atoms with E-state index in [9.17, 15) is 8.42 Å². The maximum Gasteiger partial charge on any atom is 0.296 e. The summed E-state index contributed by atoms with van der Waals surface area (Å²) in [6.07, 6.45) is 0. The van der Waals surface area contributed by atoms with Crippen LogP contribution in [0.1, 0.15) is 0 Å². The van der Waals surface area contributed by atoms with Crippen molar-refractivity contribution in [2.75, 3.05) is 11.3 Å². The first kappa shape index (κ1) is 12.7. The normalized spacial score (nSPS) is 10.8. The molecule has 0 saturated carbocycles. The molecule has 0 amide bonds. The molecule has 0 aromatic heterocycles. The van der Waals surface area contributed by atoms with E-state index in [1.165, 1.54) is 6.07 Å². The molecule has 1 aromatic carbocycles. The molecule has 8 heteroatoms. The van der Waals surface area contributed by atoms with Crippen LogP contribution in [-0.2, 0) is 10.2 Å². The molecule has 0 fully saturated rings. The number of ether oxygens (including phenoxy) is 1. The fourth-order valence-corrected chi connectivity index (χ4v) is 1.51. The Kier molecular flexibility index (Phi) is 4.05. The largest absolute Gasteiger partial charge is 0.484 e. The summed E-state index contributed by atoms with van der Waals surface area (Å²) < 4.78 is 29.0. The standard InChI is InChI=1S/C8H11N3O3S2/c9-8(15)5-14-7-4-2-1-3-6(7)11-16(10,12)13/h1-4,11H,5H2,(H2,9,15)(H2,10,12,13). The Morgan fingerprint density at radius 1 is 1.44 bits per heavy atom. The minimum Gasteiger partial charge on any atom is -0.484 e. The highest BCUT2D eigenvalue weighted by Gasteiger charge is 2.08. The number of rotatable bonds is 5. The van der Waals surface area contributed by atoms with Crippen molar-refractivity contribution in [3.8, 4) is 5.75 Å². The van der Waals surface area contributed by atoms with E-state index in [2.05, 4.69) is 16.9 Å². The molecule has 0 aliphatic carbocycles. The Morgan fingerprint density at radius 3 is 2.62 bits per heavy atom. The smallest absolute Gasteiger partial charge is 0.296 e. The lowest BCUT2D eigenvalue weighted by Gasteiger charge is -2.10. The number of thiocarbonyl (C=S) groups is 1. The van der Waals surface area contributed by atoms with Gasteiger partial charge in [0.25, 0.3) is 10.2 Å². The Morgan fingerprint density at radius 2 is 2.06 bits per heavy atom. The molecule has 16 heavy (non-hydrogen) atoms. The van der Waals surface area contributed by atoms with Crippen molar-refractivity contribution >= 4 is 33.1 Å². The van der Waals surface area contributed by atoms with Gasteiger partial charge in [-0.25, -0.2) is 5.14 Å². The highest BCUT2D eigenvalue weighted by Crippen LogP contribution is 2.23. The van der Waals surface area contributed by atoms with Gasteiger partial charge >= 0.3 is 0 Å². The van der Waals surface area contributed by atoms with Crippen molar-refractivity contribution in [2.24, 2.45) is 10.9 Å². The number of hydrogen-bond donors (Lipinski definition) is 3. The Labute approximate surface area is 98.8 Å². The van der Waals surface area contributed by atoms with Gasteiger partial charge in [0.1, 0.15) is 17.3 Å². The molecule has 1 aromatic rings. The number of para-hydroxylation sites is 2. The van der Waals surface area contributed by atoms with Crippen LogP contribution in [0.5, 0.6) is 5.75 Å². The predicted molar refractivity (Wildman–Crippen MR) is 65.5 cm³/mol. The molecule has 0 bridgehead atoms. The summed E-state index contributed by atoms with van der Waals surface area (Å²) in [6, 6.07) is 6.41. The maximum atomic E-state index is 10.9. The van der Waals surface area contributed by atoms with Gasteiger partial charge in [0, 0.05) is 0 Å². The van der Waals surface area contributed by atoms with E-state index >= 15 is 0 Å². The van der Waals surface area contributed by atoms with Crippen LogP contribution >= 0.6 is 12.2 Å². The topological polar surface area (TPSA) is 107 Å². The van der Waals surface area contributed by atoms with Gasteiger partial charge < -0.3 is 10.5 Å². The van der Waals surface area contributed by atoms with Crippen LogP contribution < -0.4 is 20.3 Å². The van der Waals surface area contributed by atoms with Crippen LogP contribution in [0.4, 0.5) is 5.69 Å².